The molecular weight excluding hydrogens is 324 g/mol. The molecule has 25 heavy (non-hydrogen) atoms. The van der Waals surface area contributed by atoms with Crippen molar-refractivity contribution in [3.63, 3.8) is 0 Å². The fourth-order valence-corrected chi connectivity index (χ4v) is 2.83. The lowest BCUT2D eigenvalue weighted by molar-refractivity contribution is 0.139. The lowest BCUT2D eigenvalue weighted by Crippen LogP contribution is -2.49. The van der Waals surface area contributed by atoms with Gasteiger partial charge in [0, 0.05) is 51.4 Å². The topological polar surface area (TPSA) is 42.9 Å². The zero-order chi connectivity index (χ0) is 18.1. The van der Waals surface area contributed by atoms with Crippen molar-refractivity contribution in [3.8, 4) is 0 Å². The quantitative estimate of drug-likeness (QED) is 0.578. The highest BCUT2D eigenvalue weighted by Crippen LogP contribution is 2.10. The van der Waals surface area contributed by atoms with Crippen LogP contribution in [0.15, 0.2) is 23.2 Å². The van der Waals surface area contributed by atoms with Crippen LogP contribution in [0.1, 0.15) is 19.4 Å². The number of halogens is 2. The Morgan fingerprint density at radius 2 is 1.80 bits per heavy atom. The molecule has 0 saturated carbocycles. The fourth-order valence-electron chi connectivity index (χ4n) is 2.83. The SMILES string of the molecule is CCNC(=NCc1cc(F)ccc1F)NCCN1CCN(CC)CC1. The summed E-state index contributed by atoms with van der Waals surface area (Å²) in [6, 6.07) is 3.44. The summed E-state index contributed by atoms with van der Waals surface area (Å²) < 4.78 is 26.9. The van der Waals surface area contributed by atoms with Crippen LogP contribution in [0.4, 0.5) is 8.78 Å². The summed E-state index contributed by atoms with van der Waals surface area (Å²) in [5.41, 5.74) is 0.257. The van der Waals surface area contributed by atoms with Gasteiger partial charge in [-0.25, -0.2) is 13.8 Å². The minimum Gasteiger partial charge on any atom is -0.357 e. The first-order valence-corrected chi connectivity index (χ1v) is 9.03. The molecule has 0 amide bonds. The largest absolute Gasteiger partial charge is 0.357 e. The van der Waals surface area contributed by atoms with E-state index in [1.807, 2.05) is 6.92 Å². The normalized spacial score (nSPS) is 16.9. The van der Waals surface area contributed by atoms with Crippen molar-refractivity contribution in [2.75, 3.05) is 52.4 Å². The van der Waals surface area contributed by atoms with Crippen molar-refractivity contribution >= 4 is 5.96 Å². The molecule has 2 N–H and O–H groups in total. The van der Waals surface area contributed by atoms with Gasteiger partial charge < -0.3 is 15.5 Å². The average molecular weight is 353 g/mol. The number of piperazine rings is 1. The summed E-state index contributed by atoms with van der Waals surface area (Å²) in [5.74, 6) is -0.260. The molecule has 1 saturated heterocycles. The Kier molecular flexibility index (Phi) is 8.08. The van der Waals surface area contributed by atoms with Gasteiger partial charge in [0.05, 0.1) is 6.54 Å². The standard InChI is InChI=1S/C18H29F2N5/c1-3-21-18(23-14-15-13-16(19)5-6-17(15)20)22-7-8-25-11-9-24(4-2)10-12-25/h5-6,13H,3-4,7-12,14H2,1-2H3,(H2,21,22,23). The molecule has 1 aromatic carbocycles. The van der Waals surface area contributed by atoms with E-state index in [0.29, 0.717) is 12.5 Å². The summed E-state index contributed by atoms with van der Waals surface area (Å²) in [6.07, 6.45) is 0. The summed E-state index contributed by atoms with van der Waals surface area (Å²) in [7, 11) is 0. The first-order chi connectivity index (χ1) is 12.1. The molecule has 0 atom stereocenters. The number of likely N-dealkylation sites (N-methyl/N-ethyl adjacent to an activating group) is 1. The molecule has 0 aliphatic carbocycles. The zero-order valence-electron chi connectivity index (χ0n) is 15.2. The van der Waals surface area contributed by atoms with E-state index in [9.17, 15) is 8.78 Å². The van der Waals surface area contributed by atoms with Gasteiger partial charge in [0.25, 0.3) is 0 Å². The van der Waals surface area contributed by atoms with Gasteiger partial charge in [-0.1, -0.05) is 6.92 Å². The summed E-state index contributed by atoms with van der Waals surface area (Å²) >= 11 is 0. The highest BCUT2D eigenvalue weighted by atomic mass is 19.1. The molecule has 2 rings (SSSR count). The molecule has 0 radical (unpaired) electrons. The number of aliphatic imine (C=N–C) groups is 1. The van der Waals surface area contributed by atoms with Crippen LogP contribution in [0.25, 0.3) is 0 Å². The molecule has 140 valence electrons. The molecule has 0 bridgehead atoms. The maximum absolute atomic E-state index is 13.7. The Hall–Kier alpha value is -1.73. The molecule has 1 heterocycles. The highest BCUT2D eigenvalue weighted by molar-refractivity contribution is 5.79. The molecule has 1 aliphatic heterocycles. The van der Waals surface area contributed by atoms with E-state index in [-0.39, 0.29) is 12.1 Å². The van der Waals surface area contributed by atoms with E-state index in [1.165, 1.54) is 6.07 Å². The van der Waals surface area contributed by atoms with Gasteiger partial charge in [-0.05, 0) is 31.7 Å². The molecule has 0 aromatic heterocycles. The van der Waals surface area contributed by atoms with E-state index >= 15 is 0 Å². The van der Waals surface area contributed by atoms with Crippen molar-refractivity contribution in [2.24, 2.45) is 4.99 Å². The van der Waals surface area contributed by atoms with Crippen LogP contribution in [-0.2, 0) is 6.54 Å². The van der Waals surface area contributed by atoms with Gasteiger partial charge in [-0.3, -0.25) is 4.90 Å². The molecule has 0 spiro atoms. The van der Waals surface area contributed by atoms with E-state index in [2.05, 4.69) is 32.3 Å². The number of nitrogens with one attached hydrogen (secondary N) is 2. The van der Waals surface area contributed by atoms with Crippen molar-refractivity contribution in [2.45, 2.75) is 20.4 Å². The van der Waals surface area contributed by atoms with E-state index in [0.717, 1.165) is 57.9 Å². The predicted molar refractivity (Wildman–Crippen MR) is 97.7 cm³/mol. The minimum atomic E-state index is -0.448. The van der Waals surface area contributed by atoms with Gasteiger partial charge in [-0.15, -0.1) is 0 Å². The van der Waals surface area contributed by atoms with E-state index in [1.54, 1.807) is 0 Å². The van der Waals surface area contributed by atoms with Gasteiger partial charge in [0.2, 0.25) is 0 Å². The second kappa shape index (κ2) is 10.3. The van der Waals surface area contributed by atoms with Crippen LogP contribution < -0.4 is 10.6 Å². The van der Waals surface area contributed by atoms with Crippen LogP contribution in [0.2, 0.25) is 0 Å². The van der Waals surface area contributed by atoms with Crippen molar-refractivity contribution in [1.29, 1.82) is 0 Å². The number of benzene rings is 1. The third kappa shape index (κ3) is 6.59. The first kappa shape index (κ1) is 19.6. The van der Waals surface area contributed by atoms with Crippen molar-refractivity contribution in [3.05, 3.63) is 35.4 Å². The summed E-state index contributed by atoms with van der Waals surface area (Å²) in [4.78, 5) is 9.23. The zero-order valence-corrected chi connectivity index (χ0v) is 15.2. The highest BCUT2D eigenvalue weighted by Gasteiger charge is 2.14. The second-order valence-electron chi connectivity index (χ2n) is 6.13. The Labute approximate surface area is 149 Å². The van der Waals surface area contributed by atoms with Gasteiger partial charge in [0.1, 0.15) is 11.6 Å². The van der Waals surface area contributed by atoms with Crippen LogP contribution in [0.3, 0.4) is 0 Å². The third-order valence-electron chi connectivity index (χ3n) is 4.39. The second-order valence-corrected chi connectivity index (χ2v) is 6.13. The molecule has 1 fully saturated rings. The Balaban J connectivity index is 1.80. The number of guanidine groups is 1. The lowest BCUT2D eigenvalue weighted by Gasteiger charge is -2.34. The summed E-state index contributed by atoms with van der Waals surface area (Å²) in [5, 5.41) is 6.40. The molecular formula is C18H29F2N5. The molecule has 0 unspecified atom stereocenters. The smallest absolute Gasteiger partial charge is 0.191 e. The number of rotatable bonds is 7. The fraction of sp³-hybridized carbons (Fsp3) is 0.611. The lowest BCUT2D eigenvalue weighted by atomic mass is 10.2. The Morgan fingerprint density at radius 3 is 2.48 bits per heavy atom. The van der Waals surface area contributed by atoms with Crippen LogP contribution in [0.5, 0.6) is 0 Å². The van der Waals surface area contributed by atoms with Crippen molar-refractivity contribution < 1.29 is 8.78 Å². The molecule has 1 aromatic rings. The molecule has 7 heteroatoms. The minimum absolute atomic E-state index is 0.105. The molecule has 1 aliphatic rings. The number of nitrogens with zero attached hydrogens (tertiary/aromatic N) is 3. The van der Waals surface area contributed by atoms with Gasteiger partial charge in [-0.2, -0.15) is 0 Å². The first-order valence-electron chi connectivity index (χ1n) is 9.03. The number of hydrogen-bond donors (Lipinski definition) is 2. The third-order valence-corrected chi connectivity index (χ3v) is 4.39. The maximum Gasteiger partial charge on any atom is 0.191 e. The predicted octanol–water partition coefficient (Wildman–Crippen LogP) is 1.66. The van der Waals surface area contributed by atoms with Crippen molar-refractivity contribution in [1.82, 2.24) is 20.4 Å². The molecule has 5 nitrogen and oxygen atoms in total. The maximum atomic E-state index is 13.7. The van der Waals surface area contributed by atoms with Gasteiger partial charge in [0.15, 0.2) is 5.96 Å². The van der Waals surface area contributed by atoms with Crippen LogP contribution in [-0.4, -0.2) is 68.1 Å². The van der Waals surface area contributed by atoms with Crippen LogP contribution >= 0.6 is 0 Å². The van der Waals surface area contributed by atoms with Crippen LogP contribution in [0, 0.1) is 11.6 Å². The van der Waals surface area contributed by atoms with E-state index < -0.39 is 11.6 Å². The Morgan fingerprint density at radius 1 is 1.08 bits per heavy atom. The number of hydrogen-bond acceptors (Lipinski definition) is 3. The monoisotopic (exact) mass is 353 g/mol. The van der Waals surface area contributed by atoms with E-state index in [4.69, 9.17) is 0 Å². The average Bonchev–Trinajstić information content (AvgIpc) is 2.63. The van der Waals surface area contributed by atoms with Gasteiger partial charge >= 0.3 is 0 Å². The Bertz CT molecular complexity index is 556. The summed E-state index contributed by atoms with van der Waals surface area (Å²) in [6.45, 7) is 12.2.